The van der Waals surface area contributed by atoms with Crippen molar-refractivity contribution in [2.45, 2.75) is 11.8 Å². The summed E-state index contributed by atoms with van der Waals surface area (Å²) in [5.41, 5.74) is 3.17. The molecule has 0 aliphatic heterocycles. The molecule has 4 aromatic carbocycles. The Morgan fingerprint density at radius 1 is 0.837 bits per heavy atom. The van der Waals surface area contributed by atoms with Gasteiger partial charge in [-0.1, -0.05) is 41.9 Å². The summed E-state index contributed by atoms with van der Waals surface area (Å²) in [5, 5.41) is 8.97. The van der Waals surface area contributed by atoms with E-state index in [-0.39, 0.29) is 17.4 Å². The number of benzene rings is 4. The van der Waals surface area contributed by atoms with Gasteiger partial charge in [-0.15, -0.1) is 11.8 Å². The summed E-state index contributed by atoms with van der Waals surface area (Å²) < 4.78 is 10.7. The quantitative estimate of drug-likeness (QED) is 0.126. The van der Waals surface area contributed by atoms with E-state index in [1.54, 1.807) is 91.0 Å². The highest BCUT2D eigenvalue weighted by atomic mass is 35.5. The highest BCUT2D eigenvalue weighted by Gasteiger charge is 2.16. The first-order chi connectivity index (χ1) is 20.7. The van der Waals surface area contributed by atoms with Crippen LogP contribution in [0.2, 0.25) is 5.02 Å². The molecule has 3 N–H and O–H groups in total. The number of hydrogen-bond acceptors (Lipinski definition) is 6. The van der Waals surface area contributed by atoms with Crippen molar-refractivity contribution in [3.05, 3.63) is 118 Å². The highest BCUT2D eigenvalue weighted by Crippen LogP contribution is 2.29. The van der Waals surface area contributed by atoms with Gasteiger partial charge in [-0.25, -0.2) is 0 Å². The van der Waals surface area contributed by atoms with Crippen LogP contribution in [0.4, 0.5) is 11.4 Å². The van der Waals surface area contributed by atoms with Crippen molar-refractivity contribution in [2.24, 2.45) is 0 Å². The van der Waals surface area contributed by atoms with Gasteiger partial charge in [0, 0.05) is 26.9 Å². The van der Waals surface area contributed by atoms with Crippen molar-refractivity contribution in [1.29, 1.82) is 0 Å². The van der Waals surface area contributed by atoms with Crippen LogP contribution >= 0.6 is 23.4 Å². The van der Waals surface area contributed by atoms with Gasteiger partial charge < -0.3 is 25.4 Å². The monoisotopic (exact) mass is 615 g/mol. The number of anilines is 2. The van der Waals surface area contributed by atoms with Gasteiger partial charge >= 0.3 is 0 Å². The fourth-order valence-electron chi connectivity index (χ4n) is 3.95. The van der Waals surface area contributed by atoms with Crippen molar-refractivity contribution >= 4 is 58.5 Å². The lowest BCUT2D eigenvalue weighted by Crippen LogP contribution is -2.30. The van der Waals surface area contributed by atoms with Crippen molar-refractivity contribution in [2.75, 3.05) is 30.6 Å². The number of nitrogens with one attached hydrogen (secondary N) is 3. The van der Waals surface area contributed by atoms with Crippen LogP contribution in [0.25, 0.3) is 6.08 Å². The number of aryl methyl sites for hydroxylation is 1. The Bertz CT molecular complexity index is 1640. The number of ether oxygens (including phenoxy) is 2. The maximum atomic E-state index is 13.4. The molecule has 43 heavy (non-hydrogen) atoms. The average Bonchev–Trinajstić information content (AvgIpc) is 3.02. The summed E-state index contributed by atoms with van der Waals surface area (Å²) in [4.78, 5) is 39.6. The van der Waals surface area contributed by atoms with Gasteiger partial charge in [0.05, 0.1) is 20.0 Å². The van der Waals surface area contributed by atoms with Crippen LogP contribution in [0.3, 0.4) is 0 Å². The van der Waals surface area contributed by atoms with Crippen LogP contribution < -0.4 is 25.4 Å². The van der Waals surface area contributed by atoms with Gasteiger partial charge in [-0.3, -0.25) is 14.4 Å². The summed E-state index contributed by atoms with van der Waals surface area (Å²) in [7, 11) is 3.05. The van der Waals surface area contributed by atoms with E-state index in [9.17, 15) is 14.4 Å². The molecule has 3 amide bonds. The molecule has 10 heteroatoms. The molecule has 0 fully saturated rings. The summed E-state index contributed by atoms with van der Waals surface area (Å²) in [6.45, 7) is 1.90. The Balaban J connectivity index is 1.45. The smallest absolute Gasteiger partial charge is 0.272 e. The van der Waals surface area contributed by atoms with E-state index in [0.29, 0.717) is 39.0 Å². The van der Waals surface area contributed by atoms with Gasteiger partial charge in [-0.05, 0) is 84.8 Å². The average molecular weight is 616 g/mol. The minimum absolute atomic E-state index is 0.0347. The van der Waals surface area contributed by atoms with E-state index < -0.39 is 11.8 Å². The van der Waals surface area contributed by atoms with Gasteiger partial charge in [0.1, 0.15) is 5.70 Å². The minimum atomic E-state index is -0.518. The van der Waals surface area contributed by atoms with Crippen molar-refractivity contribution < 1.29 is 23.9 Å². The van der Waals surface area contributed by atoms with Crippen molar-refractivity contribution in [3.63, 3.8) is 0 Å². The predicted molar refractivity (Wildman–Crippen MR) is 172 cm³/mol. The molecule has 0 saturated carbocycles. The number of carbonyl (C=O) groups excluding carboxylic acids is 3. The van der Waals surface area contributed by atoms with E-state index in [4.69, 9.17) is 21.1 Å². The van der Waals surface area contributed by atoms with Crippen LogP contribution in [0.1, 0.15) is 21.5 Å². The van der Waals surface area contributed by atoms with E-state index in [1.807, 2.05) is 13.0 Å². The molecule has 8 nitrogen and oxygen atoms in total. The standard InChI is InChI=1S/C33H30ClN3O5S/c1-21-9-11-24(34)19-27(21)36-31(38)20-43-26-14-12-25(13-15-26)35-33(40)28(37-32(39)23-7-5-4-6-8-23)17-22-10-16-29(41-2)30(18-22)42-3/h4-19H,20H2,1-3H3,(H,35,40)(H,36,38)(H,37,39)/b28-17-. The second-order valence-electron chi connectivity index (χ2n) is 9.27. The molecule has 0 radical (unpaired) electrons. The molecule has 0 heterocycles. The molecule has 0 aliphatic carbocycles. The zero-order valence-corrected chi connectivity index (χ0v) is 25.3. The third-order valence-corrected chi connectivity index (χ3v) is 7.45. The summed E-state index contributed by atoms with van der Waals surface area (Å²) in [6.07, 6.45) is 1.56. The highest BCUT2D eigenvalue weighted by molar-refractivity contribution is 8.00. The van der Waals surface area contributed by atoms with Crippen molar-refractivity contribution in [1.82, 2.24) is 5.32 Å². The fourth-order valence-corrected chi connectivity index (χ4v) is 4.82. The van der Waals surface area contributed by atoms with Gasteiger partial charge in [0.15, 0.2) is 11.5 Å². The molecule has 0 saturated heterocycles. The van der Waals surface area contributed by atoms with Crippen molar-refractivity contribution in [3.8, 4) is 11.5 Å². The number of halogens is 1. The zero-order valence-electron chi connectivity index (χ0n) is 23.8. The molecular formula is C33H30ClN3O5S. The lowest BCUT2D eigenvalue weighted by molar-refractivity contribution is -0.114. The number of methoxy groups -OCH3 is 2. The number of rotatable bonds is 11. The van der Waals surface area contributed by atoms with Gasteiger partial charge in [0.25, 0.3) is 11.8 Å². The molecule has 220 valence electrons. The lowest BCUT2D eigenvalue weighted by atomic mass is 10.1. The van der Waals surface area contributed by atoms with Gasteiger partial charge in [-0.2, -0.15) is 0 Å². The molecule has 0 bridgehead atoms. The molecule has 0 aliphatic rings. The summed E-state index contributed by atoms with van der Waals surface area (Å²) >= 11 is 7.40. The first-order valence-corrected chi connectivity index (χ1v) is 14.5. The van der Waals surface area contributed by atoms with Crippen LogP contribution in [-0.4, -0.2) is 37.7 Å². The Morgan fingerprint density at radius 2 is 1.56 bits per heavy atom. The summed E-state index contributed by atoms with van der Waals surface area (Å²) in [5.74, 6) is 0.105. The van der Waals surface area contributed by atoms with Crippen LogP contribution in [-0.2, 0) is 9.59 Å². The second-order valence-corrected chi connectivity index (χ2v) is 10.8. The first kappa shape index (κ1) is 31.2. The zero-order chi connectivity index (χ0) is 30.8. The maximum absolute atomic E-state index is 13.4. The molecule has 4 aromatic rings. The minimum Gasteiger partial charge on any atom is -0.493 e. The van der Waals surface area contributed by atoms with E-state index >= 15 is 0 Å². The Morgan fingerprint density at radius 3 is 2.26 bits per heavy atom. The predicted octanol–water partition coefficient (Wildman–Crippen LogP) is 6.81. The molecular weight excluding hydrogens is 586 g/mol. The Labute approximate surface area is 259 Å². The van der Waals surface area contributed by atoms with Crippen LogP contribution in [0.5, 0.6) is 11.5 Å². The van der Waals surface area contributed by atoms with Gasteiger partial charge in [0.2, 0.25) is 5.91 Å². The normalized spacial score (nSPS) is 10.9. The molecule has 0 spiro atoms. The largest absolute Gasteiger partial charge is 0.493 e. The first-order valence-electron chi connectivity index (χ1n) is 13.2. The van der Waals surface area contributed by atoms with Crippen LogP contribution in [0, 0.1) is 6.92 Å². The molecule has 4 rings (SSSR count). The molecule has 0 aromatic heterocycles. The number of hydrogen-bond donors (Lipinski definition) is 3. The third kappa shape index (κ3) is 8.88. The number of amides is 3. The maximum Gasteiger partial charge on any atom is 0.272 e. The van der Waals surface area contributed by atoms with Crippen LogP contribution in [0.15, 0.2) is 102 Å². The third-order valence-electron chi connectivity index (χ3n) is 6.20. The number of carbonyl (C=O) groups is 3. The Hall–Kier alpha value is -4.73. The SMILES string of the molecule is COc1ccc(/C=C(\NC(=O)c2ccccc2)C(=O)Nc2ccc(SCC(=O)Nc3cc(Cl)ccc3C)cc2)cc1OC. The van der Waals surface area contributed by atoms with E-state index in [1.165, 1.54) is 26.0 Å². The van der Waals surface area contributed by atoms with E-state index in [0.717, 1.165) is 10.5 Å². The Kier molecular flexibility index (Phi) is 10.9. The fraction of sp³-hybridized carbons (Fsp3) is 0.121. The van der Waals surface area contributed by atoms with E-state index in [2.05, 4.69) is 16.0 Å². The molecule has 0 unspecified atom stereocenters. The lowest BCUT2D eigenvalue weighted by Gasteiger charge is -2.13. The topological polar surface area (TPSA) is 106 Å². The number of thioether (sulfide) groups is 1. The second kappa shape index (κ2) is 14.9. The molecule has 0 atom stereocenters. The summed E-state index contributed by atoms with van der Waals surface area (Å²) in [6, 6.07) is 26.2.